The highest BCUT2D eigenvalue weighted by molar-refractivity contribution is 7.99. The number of pyridine rings is 1. The molecular formula is C13H19N5OS. The molecule has 0 fully saturated rings. The molecule has 1 amide bonds. The highest BCUT2D eigenvalue weighted by Crippen LogP contribution is 2.21. The van der Waals surface area contributed by atoms with Crippen LogP contribution >= 0.6 is 11.8 Å². The van der Waals surface area contributed by atoms with Crippen LogP contribution in [0, 0.1) is 0 Å². The molecule has 0 spiro atoms. The summed E-state index contributed by atoms with van der Waals surface area (Å²) in [7, 11) is 0. The fourth-order valence-corrected chi connectivity index (χ4v) is 2.79. The number of amides is 1. The molecule has 1 atom stereocenters. The summed E-state index contributed by atoms with van der Waals surface area (Å²) in [5, 5.41) is 12.2. The zero-order valence-corrected chi connectivity index (χ0v) is 12.5. The molecule has 2 aromatic heterocycles. The third-order valence-corrected chi connectivity index (χ3v) is 4.34. The standard InChI is InChI=1S/C13H19N5OS/c1-3-7-15-13(2,11(14)19)9-20-12-17-16-10-6-4-5-8-18(10)12/h4-6,8,15H,3,7,9H2,1-2H3,(H2,14,19). The number of hydrogen-bond donors (Lipinski definition) is 2. The van der Waals surface area contributed by atoms with Gasteiger partial charge in [-0.05, 0) is 32.0 Å². The molecule has 0 aliphatic carbocycles. The van der Waals surface area contributed by atoms with E-state index in [1.165, 1.54) is 11.8 Å². The van der Waals surface area contributed by atoms with Gasteiger partial charge in [-0.2, -0.15) is 0 Å². The first kappa shape index (κ1) is 14.8. The second-order valence-corrected chi connectivity index (χ2v) is 5.77. The van der Waals surface area contributed by atoms with E-state index in [9.17, 15) is 4.79 Å². The summed E-state index contributed by atoms with van der Waals surface area (Å²) in [5.41, 5.74) is 5.55. The predicted octanol–water partition coefficient (Wildman–Crippen LogP) is 1.06. The van der Waals surface area contributed by atoms with Gasteiger partial charge in [0.15, 0.2) is 10.8 Å². The van der Waals surface area contributed by atoms with Gasteiger partial charge in [-0.15, -0.1) is 10.2 Å². The van der Waals surface area contributed by atoms with Crippen LogP contribution in [0.4, 0.5) is 0 Å². The Morgan fingerprint density at radius 3 is 3.00 bits per heavy atom. The number of carbonyl (C=O) groups excluding carboxylic acids is 1. The van der Waals surface area contributed by atoms with Crippen molar-refractivity contribution in [2.75, 3.05) is 12.3 Å². The van der Waals surface area contributed by atoms with Gasteiger partial charge in [-0.1, -0.05) is 24.8 Å². The van der Waals surface area contributed by atoms with Crippen molar-refractivity contribution < 1.29 is 4.79 Å². The Morgan fingerprint density at radius 2 is 2.30 bits per heavy atom. The average Bonchev–Trinajstić information content (AvgIpc) is 2.86. The molecule has 2 heterocycles. The Kier molecular flexibility index (Phi) is 4.61. The van der Waals surface area contributed by atoms with E-state index in [2.05, 4.69) is 15.5 Å². The Balaban J connectivity index is 2.11. The van der Waals surface area contributed by atoms with Crippen LogP contribution in [0.1, 0.15) is 20.3 Å². The highest BCUT2D eigenvalue weighted by Gasteiger charge is 2.30. The summed E-state index contributed by atoms with van der Waals surface area (Å²) in [6, 6.07) is 5.72. The summed E-state index contributed by atoms with van der Waals surface area (Å²) < 4.78 is 1.89. The lowest BCUT2D eigenvalue weighted by molar-refractivity contribution is -0.122. The quantitative estimate of drug-likeness (QED) is 0.746. The Bertz CT molecular complexity index is 599. The molecule has 0 aliphatic rings. The maximum atomic E-state index is 11.7. The highest BCUT2D eigenvalue weighted by atomic mass is 32.2. The smallest absolute Gasteiger partial charge is 0.238 e. The van der Waals surface area contributed by atoms with Crippen LogP contribution in [0.5, 0.6) is 0 Å². The Labute approximate surface area is 122 Å². The van der Waals surface area contributed by atoms with Crippen LogP contribution < -0.4 is 11.1 Å². The van der Waals surface area contributed by atoms with E-state index < -0.39 is 5.54 Å². The molecule has 0 aliphatic heterocycles. The molecule has 2 rings (SSSR count). The Morgan fingerprint density at radius 1 is 1.50 bits per heavy atom. The number of rotatable bonds is 7. The molecule has 6 nitrogen and oxygen atoms in total. The number of thioether (sulfide) groups is 1. The van der Waals surface area contributed by atoms with Crippen LogP contribution in [0.15, 0.2) is 29.6 Å². The number of nitrogens with one attached hydrogen (secondary N) is 1. The molecule has 0 saturated carbocycles. The average molecular weight is 293 g/mol. The van der Waals surface area contributed by atoms with Crippen molar-refractivity contribution in [3.05, 3.63) is 24.4 Å². The minimum Gasteiger partial charge on any atom is -0.368 e. The van der Waals surface area contributed by atoms with E-state index in [-0.39, 0.29) is 5.91 Å². The van der Waals surface area contributed by atoms with E-state index in [0.717, 1.165) is 23.8 Å². The lowest BCUT2D eigenvalue weighted by Crippen LogP contribution is -2.55. The summed E-state index contributed by atoms with van der Waals surface area (Å²) in [6.45, 7) is 4.62. The van der Waals surface area contributed by atoms with E-state index >= 15 is 0 Å². The van der Waals surface area contributed by atoms with Crippen molar-refractivity contribution in [2.24, 2.45) is 5.73 Å². The molecular weight excluding hydrogens is 274 g/mol. The summed E-state index contributed by atoms with van der Waals surface area (Å²) >= 11 is 1.47. The van der Waals surface area contributed by atoms with E-state index in [4.69, 9.17) is 5.73 Å². The first-order valence-corrected chi connectivity index (χ1v) is 7.53. The van der Waals surface area contributed by atoms with Crippen LogP contribution in [-0.4, -0.2) is 38.3 Å². The SMILES string of the molecule is CCCNC(C)(CSc1nnc2ccccn12)C(N)=O. The molecule has 0 saturated heterocycles. The molecule has 1 unspecified atom stereocenters. The number of carbonyl (C=O) groups is 1. The van der Waals surface area contributed by atoms with Crippen molar-refractivity contribution in [1.29, 1.82) is 0 Å². The molecule has 0 radical (unpaired) electrons. The van der Waals surface area contributed by atoms with Gasteiger partial charge in [0.05, 0.1) is 0 Å². The normalized spacial score (nSPS) is 14.3. The van der Waals surface area contributed by atoms with Gasteiger partial charge < -0.3 is 11.1 Å². The molecule has 7 heteroatoms. The van der Waals surface area contributed by atoms with Gasteiger partial charge in [0.25, 0.3) is 0 Å². The zero-order valence-electron chi connectivity index (χ0n) is 11.7. The van der Waals surface area contributed by atoms with Crippen LogP contribution in [0.2, 0.25) is 0 Å². The summed E-state index contributed by atoms with van der Waals surface area (Å²) in [4.78, 5) is 11.7. The van der Waals surface area contributed by atoms with E-state index in [0.29, 0.717) is 5.75 Å². The lowest BCUT2D eigenvalue weighted by atomic mass is 10.1. The summed E-state index contributed by atoms with van der Waals surface area (Å²) in [5.74, 6) is 0.158. The monoisotopic (exact) mass is 293 g/mol. The zero-order chi connectivity index (χ0) is 14.6. The van der Waals surface area contributed by atoms with Gasteiger partial charge >= 0.3 is 0 Å². The largest absolute Gasteiger partial charge is 0.368 e. The van der Waals surface area contributed by atoms with E-state index in [1.807, 2.05) is 42.6 Å². The first-order valence-electron chi connectivity index (χ1n) is 6.54. The van der Waals surface area contributed by atoms with Crippen molar-refractivity contribution >= 4 is 23.3 Å². The molecule has 3 N–H and O–H groups in total. The second-order valence-electron chi connectivity index (χ2n) is 4.82. The number of nitrogens with two attached hydrogens (primary N) is 1. The second kappa shape index (κ2) is 6.23. The van der Waals surface area contributed by atoms with E-state index in [1.54, 1.807) is 0 Å². The van der Waals surface area contributed by atoms with Crippen molar-refractivity contribution in [3.8, 4) is 0 Å². The van der Waals surface area contributed by atoms with Crippen molar-refractivity contribution in [2.45, 2.75) is 31.0 Å². The van der Waals surface area contributed by atoms with Gasteiger partial charge in [-0.3, -0.25) is 9.20 Å². The third-order valence-electron chi connectivity index (χ3n) is 3.08. The maximum Gasteiger partial charge on any atom is 0.238 e. The van der Waals surface area contributed by atoms with Gasteiger partial charge in [0.1, 0.15) is 5.54 Å². The van der Waals surface area contributed by atoms with Gasteiger partial charge in [-0.25, -0.2) is 0 Å². The van der Waals surface area contributed by atoms with Gasteiger partial charge in [0, 0.05) is 11.9 Å². The Hall–Kier alpha value is -1.60. The fraction of sp³-hybridized carbons (Fsp3) is 0.462. The lowest BCUT2D eigenvalue weighted by Gasteiger charge is -2.26. The maximum absolute atomic E-state index is 11.7. The third kappa shape index (κ3) is 3.10. The fourth-order valence-electron chi connectivity index (χ4n) is 1.74. The van der Waals surface area contributed by atoms with Crippen LogP contribution in [0.25, 0.3) is 5.65 Å². The van der Waals surface area contributed by atoms with Crippen molar-refractivity contribution in [1.82, 2.24) is 19.9 Å². The summed E-state index contributed by atoms with van der Waals surface area (Å²) in [6.07, 6.45) is 2.85. The van der Waals surface area contributed by atoms with Gasteiger partial charge in [0.2, 0.25) is 5.91 Å². The minimum absolute atomic E-state index is 0.354. The van der Waals surface area contributed by atoms with Crippen LogP contribution in [-0.2, 0) is 4.79 Å². The number of nitrogens with zero attached hydrogens (tertiary/aromatic N) is 3. The minimum atomic E-state index is -0.749. The van der Waals surface area contributed by atoms with Crippen molar-refractivity contribution in [3.63, 3.8) is 0 Å². The number of fused-ring (bicyclic) bond motifs is 1. The topological polar surface area (TPSA) is 85.3 Å². The predicted molar refractivity (Wildman–Crippen MR) is 79.6 cm³/mol. The first-order chi connectivity index (χ1) is 9.57. The van der Waals surface area contributed by atoms with Crippen LogP contribution in [0.3, 0.4) is 0 Å². The molecule has 20 heavy (non-hydrogen) atoms. The molecule has 2 aromatic rings. The number of hydrogen-bond acceptors (Lipinski definition) is 5. The number of primary amides is 1. The molecule has 0 aromatic carbocycles. The molecule has 108 valence electrons. The number of aromatic nitrogens is 3. The molecule has 0 bridgehead atoms.